The van der Waals surface area contributed by atoms with E-state index in [0.29, 0.717) is 17.0 Å². The van der Waals surface area contributed by atoms with Gasteiger partial charge in [-0.25, -0.2) is 22.3 Å². The molecule has 0 atom stereocenters. The van der Waals surface area contributed by atoms with Crippen molar-refractivity contribution >= 4 is 15.5 Å². The number of sulfone groups is 1. The standard InChI is InChI=1S/C15H14FN3O2S/c1-9-8-10(2)19-15(17-9)14(11(3)18-19)22(20,21)13-6-4-12(16)5-7-13/h4-8H,1-3H3. The Morgan fingerprint density at radius 3 is 2.36 bits per heavy atom. The number of fused-ring (bicyclic) bond motifs is 1. The van der Waals surface area contributed by atoms with E-state index in [2.05, 4.69) is 10.1 Å². The predicted molar refractivity (Wildman–Crippen MR) is 79.0 cm³/mol. The molecule has 0 saturated carbocycles. The Hall–Kier alpha value is -2.28. The molecular formula is C15H14FN3O2S. The maximum atomic E-state index is 13.0. The topological polar surface area (TPSA) is 64.3 Å². The summed E-state index contributed by atoms with van der Waals surface area (Å²) >= 11 is 0. The van der Waals surface area contributed by atoms with E-state index in [1.807, 2.05) is 13.0 Å². The van der Waals surface area contributed by atoms with Gasteiger partial charge in [0.15, 0.2) is 5.65 Å². The molecule has 0 bridgehead atoms. The summed E-state index contributed by atoms with van der Waals surface area (Å²) in [5.41, 5.74) is 2.16. The summed E-state index contributed by atoms with van der Waals surface area (Å²) in [4.78, 5) is 4.40. The van der Waals surface area contributed by atoms with E-state index >= 15 is 0 Å². The molecule has 0 aliphatic rings. The van der Waals surface area contributed by atoms with Crippen LogP contribution in [0.5, 0.6) is 0 Å². The molecule has 5 nitrogen and oxygen atoms in total. The number of nitrogens with zero attached hydrogens (tertiary/aromatic N) is 3. The summed E-state index contributed by atoms with van der Waals surface area (Å²) in [5.74, 6) is -0.486. The first kappa shape index (κ1) is 14.6. The van der Waals surface area contributed by atoms with E-state index in [1.165, 1.54) is 16.6 Å². The minimum atomic E-state index is -3.82. The Labute approximate surface area is 127 Å². The summed E-state index contributed by atoms with van der Waals surface area (Å²) < 4.78 is 40.2. The molecule has 3 rings (SSSR count). The number of aromatic nitrogens is 3. The molecule has 2 heterocycles. The van der Waals surface area contributed by atoms with Crippen LogP contribution in [0.15, 0.2) is 40.1 Å². The van der Waals surface area contributed by atoms with Gasteiger partial charge in [-0.15, -0.1) is 0 Å². The molecule has 0 amide bonds. The van der Waals surface area contributed by atoms with Gasteiger partial charge < -0.3 is 0 Å². The lowest BCUT2D eigenvalue weighted by Crippen LogP contribution is -2.05. The molecule has 0 fully saturated rings. The molecule has 1 aromatic carbocycles. The van der Waals surface area contributed by atoms with Crippen molar-refractivity contribution in [3.63, 3.8) is 0 Å². The van der Waals surface area contributed by atoms with Crippen LogP contribution in [-0.2, 0) is 9.84 Å². The van der Waals surface area contributed by atoms with Crippen molar-refractivity contribution < 1.29 is 12.8 Å². The second-order valence-corrected chi connectivity index (χ2v) is 7.03. The number of aryl methyl sites for hydroxylation is 3. The van der Waals surface area contributed by atoms with Crippen molar-refractivity contribution in [2.45, 2.75) is 30.6 Å². The third kappa shape index (κ3) is 2.18. The molecule has 0 saturated heterocycles. The van der Waals surface area contributed by atoms with Gasteiger partial charge in [0.1, 0.15) is 10.7 Å². The summed E-state index contributed by atoms with van der Waals surface area (Å²) in [5, 5.41) is 4.26. The van der Waals surface area contributed by atoms with Gasteiger partial charge in [0, 0.05) is 11.4 Å². The predicted octanol–water partition coefficient (Wildman–Crippen LogP) is 2.63. The monoisotopic (exact) mass is 319 g/mol. The van der Waals surface area contributed by atoms with E-state index < -0.39 is 15.7 Å². The van der Waals surface area contributed by atoms with Crippen LogP contribution in [-0.4, -0.2) is 23.0 Å². The molecule has 3 aromatic rings. The van der Waals surface area contributed by atoms with Crippen molar-refractivity contribution in [1.82, 2.24) is 14.6 Å². The van der Waals surface area contributed by atoms with Gasteiger partial charge in [0.05, 0.1) is 10.6 Å². The molecule has 0 aliphatic carbocycles. The van der Waals surface area contributed by atoms with Crippen molar-refractivity contribution in [2.24, 2.45) is 0 Å². The molecule has 0 aliphatic heterocycles. The first-order chi connectivity index (χ1) is 10.3. The summed E-state index contributed by atoms with van der Waals surface area (Å²) in [6, 6.07) is 6.57. The molecule has 7 heteroatoms. The van der Waals surface area contributed by atoms with Gasteiger partial charge >= 0.3 is 0 Å². The SMILES string of the molecule is Cc1cc(C)n2nc(C)c(S(=O)(=O)c3ccc(F)cc3)c2n1. The first-order valence-corrected chi connectivity index (χ1v) is 8.13. The zero-order chi connectivity index (χ0) is 16.1. The zero-order valence-corrected chi connectivity index (χ0v) is 13.1. The molecule has 0 unspecified atom stereocenters. The third-order valence-electron chi connectivity index (χ3n) is 3.41. The van der Waals surface area contributed by atoms with Gasteiger partial charge in [-0.3, -0.25) is 0 Å². The fraction of sp³-hybridized carbons (Fsp3) is 0.200. The van der Waals surface area contributed by atoms with Gasteiger partial charge in [-0.1, -0.05) is 0 Å². The molecule has 0 N–H and O–H groups in total. The second kappa shape index (κ2) is 4.88. The fourth-order valence-corrected chi connectivity index (χ4v) is 3.99. The summed E-state index contributed by atoms with van der Waals surface area (Å²) in [6.07, 6.45) is 0. The van der Waals surface area contributed by atoms with Crippen LogP contribution in [0.1, 0.15) is 17.1 Å². The summed E-state index contributed by atoms with van der Waals surface area (Å²) in [6.45, 7) is 5.26. The van der Waals surface area contributed by atoms with Crippen molar-refractivity contribution in [2.75, 3.05) is 0 Å². The Bertz CT molecular complexity index is 976. The molecule has 114 valence electrons. The molecule has 22 heavy (non-hydrogen) atoms. The lowest BCUT2D eigenvalue weighted by molar-refractivity contribution is 0.595. The highest BCUT2D eigenvalue weighted by molar-refractivity contribution is 7.91. The zero-order valence-electron chi connectivity index (χ0n) is 12.3. The molecule has 0 spiro atoms. The van der Waals surface area contributed by atoms with E-state index in [-0.39, 0.29) is 9.79 Å². The minimum Gasteiger partial charge on any atom is -0.233 e. The number of halogens is 1. The van der Waals surface area contributed by atoms with Crippen LogP contribution in [0.25, 0.3) is 5.65 Å². The molecule has 2 aromatic heterocycles. The van der Waals surface area contributed by atoms with Gasteiger partial charge in [0.25, 0.3) is 0 Å². The highest BCUT2D eigenvalue weighted by Gasteiger charge is 2.27. The fourth-order valence-electron chi connectivity index (χ4n) is 2.45. The van der Waals surface area contributed by atoms with Crippen LogP contribution >= 0.6 is 0 Å². The van der Waals surface area contributed by atoms with Crippen molar-refractivity contribution in [1.29, 1.82) is 0 Å². The Kier molecular flexibility index (Phi) is 3.25. The normalized spacial score (nSPS) is 12.0. The van der Waals surface area contributed by atoms with Gasteiger partial charge in [-0.05, 0) is 51.1 Å². The smallest absolute Gasteiger partial charge is 0.212 e. The van der Waals surface area contributed by atoms with E-state index in [0.717, 1.165) is 17.8 Å². The lowest BCUT2D eigenvalue weighted by atomic mass is 10.3. The maximum absolute atomic E-state index is 13.0. The van der Waals surface area contributed by atoms with E-state index in [1.54, 1.807) is 13.8 Å². The molecular weight excluding hydrogens is 305 g/mol. The average Bonchev–Trinajstić information content (AvgIpc) is 2.76. The van der Waals surface area contributed by atoms with E-state index in [4.69, 9.17) is 0 Å². The third-order valence-corrected chi connectivity index (χ3v) is 5.32. The Morgan fingerprint density at radius 2 is 1.73 bits per heavy atom. The lowest BCUT2D eigenvalue weighted by Gasteiger charge is -2.05. The van der Waals surface area contributed by atoms with E-state index in [9.17, 15) is 12.8 Å². The first-order valence-electron chi connectivity index (χ1n) is 6.65. The maximum Gasteiger partial charge on any atom is 0.212 e. The number of hydrogen-bond donors (Lipinski definition) is 0. The number of hydrogen-bond acceptors (Lipinski definition) is 4. The van der Waals surface area contributed by atoms with Crippen LogP contribution in [0.4, 0.5) is 4.39 Å². The highest BCUT2D eigenvalue weighted by Crippen LogP contribution is 2.27. The quantitative estimate of drug-likeness (QED) is 0.681. The minimum absolute atomic E-state index is 0.0212. The van der Waals surface area contributed by atoms with Gasteiger partial charge in [0.2, 0.25) is 9.84 Å². The number of benzene rings is 1. The van der Waals surface area contributed by atoms with Crippen LogP contribution in [0.2, 0.25) is 0 Å². The molecule has 0 radical (unpaired) electrons. The Morgan fingerprint density at radius 1 is 1.09 bits per heavy atom. The van der Waals surface area contributed by atoms with Gasteiger partial charge in [-0.2, -0.15) is 5.10 Å². The average molecular weight is 319 g/mol. The summed E-state index contributed by atoms with van der Waals surface area (Å²) in [7, 11) is -3.82. The van der Waals surface area contributed by atoms with Crippen molar-refractivity contribution in [3.8, 4) is 0 Å². The Balaban J connectivity index is 2.34. The van der Waals surface area contributed by atoms with Crippen LogP contribution < -0.4 is 0 Å². The van der Waals surface area contributed by atoms with Crippen molar-refractivity contribution in [3.05, 3.63) is 53.2 Å². The second-order valence-electron chi connectivity index (χ2n) is 5.15. The van der Waals surface area contributed by atoms with Crippen LogP contribution in [0, 0.1) is 26.6 Å². The van der Waals surface area contributed by atoms with Crippen LogP contribution in [0.3, 0.4) is 0 Å². The largest absolute Gasteiger partial charge is 0.233 e. The highest BCUT2D eigenvalue weighted by atomic mass is 32.2. The number of rotatable bonds is 2.